The number of benzene rings is 8. The van der Waals surface area contributed by atoms with Gasteiger partial charge in [-0.15, -0.1) is 0 Å². The molecule has 0 amide bonds. The van der Waals surface area contributed by atoms with Gasteiger partial charge in [0.2, 0.25) is 0 Å². The Hall–Kier alpha value is -6.18. The van der Waals surface area contributed by atoms with Crippen LogP contribution in [0.4, 0.5) is 0 Å². The molecule has 0 atom stereocenters. The summed E-state index contributed by atoms with van der Waals surface area (Å²) in [6.45, 7) is 0. The van der Waals surface area contributed by atoms with E-state index in [1.54, 1.807) is 0 Å². The zero-order chi connectivity index (χ0) is 30.9. The number of hydrogen-bond donors (Lipinski definition) is 1. The minimum Gasteiger partial charge on any atom is -0.354 e. The van der Waals surface area contributed by atoms with Crippen molar-refractivity contribution in [2.45, 2.75) is 0 Å². The van der Waals surface area contributed by atoms with Gasteiger partial charge in [-0.3, -0.25) is 0 Å². The first-order valence-corrected chi connectivity index (χ1v) is 16.3. The Morgan fingerprint density at radius 3 is 1.62 bits per heavy atom. The monoisotopic (exact) mass is 595 g/mol. The lowest BCUT2D eigenvalue weighted by Gasteiger charge is -2.13. The van der Waals surface area contributed by atoms with Crippen molar-refractivity contribution in [1.29, 1.82) is 0 Å². The Bertz CT molecular complexity index is 2630. The van der Waals surface area contributed by atoms with Crippen LogP contribution in [-0.2, 0) is 0 Å². The van der Waals surface area contributed by atoms with Crippen LogP contribution >= 0.6 is 0 Å². The Kier molecular flexibility index (Phi) is 5.64. The van der Waals surface area contributed by atoms with E-state index < -0.39 is 0 Å². The highest BCUT2D eigenvalue weighted by Crippen LogP contribution is 2.49. The lowest BCUT2D eigenvalue weighted by atomic mass is 9.91. The van der Waals surface area contributed by atoms with Gasteiger partial charge in [-0.25, -0.2) is 0 Å². The molecular weight excluding hydrogens is 567 g/mol. The van der Waals surface area contributed by atoms with Crippen molar-refractivity contribution in [3.8, 4) is 66.8 Å². The minimum atomic E-state index is 1.15. The molecule has 1 aliphatic carbocycles. The van der Waals surface area contributed by atoms with E-state index in [1.165, 1.54) is 88.3 Å². The molecule has 0 aliphatic heterocycles. The summed E-state index contributed by atoms with van der Waals surface area (Å²) in [4.78, 5) is 3.82. The van der Waals surface area contributed by atoms with Crippen molar-refractivity contribution in [2.75, 3.05) is 0 Å². The highest BCUT2D eigenvalue weighted by Gasteiger charge is 2.22. The zero-order valence-corrected chi connectivity index (χ0v) is 25.7. The standard InChI is InChI=1S/C46H29N/c1-3-11-29(12-4-1)31-21-24-44-42(26-31)43-28-34(30-13-5-2-6-14-30)27-41(46(43)47-44)33-16-9-15-32(25-33)35-22-23-40-37-18-8-7-17-36(37)39-20-10-19-38(35)45(39)40/h1-28,47H. The second kappa shape index (κ2) is 10.2. The van der Waals surface area contributed by atoms with Gasteiger partial charge in [0, 0.05) is 21.9 Å². The van der Waals surface area contributed by atoms with Gasteiger partial charge in [-0.1, -0.05) is 140 Å². The number of hydrogen-bond acceptors (Lipinski definition) is 0. The third kappa shape index (κ3) is 4.03. The average molecular weight is 596 g/mol. The number of aromatic nitrogens is 1. The maximum absolute atomic E-state index is 3.82. The van der Waals surface area contributed by atoms with Crippen LogP contribution in [0, 0.1) is 0 Å². The number of fused-ring (bicyclic) bond motifs is 6. The Morgan fingerprint density at radius 1 is 0.277 bits per heavy atom. The van der Waals surface area contributed by atoms with E-state index in [4.69, 9.17) is 0 Å². The van der Waals surface area contributed by atoms with Crippen LogP contribution < -0.4 is 0 Å². The van der Waals surface area contributed by atoms with Gasteiger partial charge in [0.25, 0.3) is 0 Å². The number of aromatic amines is 1. The van der Waals surface area contributed by atoms with Gasteiger partial charge in [-0.2, -0.15) is 0 Å². The minimum absolute atomic E-state index is 1.15. The summed E-state index contributed by atoms with van der Waals surface area (Å²) in [6, 6.07) is 62.1. The molecule has 1 aromatic heterocycles. The third-order valence-corrected chi connectivity index (χ3v) is 9.95. The fourth-order valence-electron chi connectivity index (χ4n) is 7.75. The van der Waals surface area contributed by atoms with Gasteiger partial charge >= 0.3 is 0 Å². The van der Waals surface area contributed by atoms with Crippen LogP contribution in [-0.4, -0.2) is 4.98 Å². The molecule has 0 unspecified atom stereocenters. The molecule has 1 N–H and O–H groups in total. The van der Waals surface area contributed by atoms with Crippen LogP contribution in [0.5, 0.6) is 0 Å². The SMILES string of the molecule is c1ccc(-c2ccc3[nH]c4c(-c5cccc(-c6ccc7c8c(cccc68)-c6ccccc6-7)c5)cc(-c5ccccc5)cc4c3c2)cc1. The van der Waals surface area contributed by atoms with Gasteiger partial charge in [-0.05, 0) is 102 Å². The molecule has 0 bridgehead atoms. The predicted molar refractivity (Wildman–Crippen MR) is 199 cm³/mol. The van der Waals surface area contributed by atoms with E-state index in [0.29, 0.717) is 0 Å². The normalized spacial score (nSPS) is 11.8. The maximum atomic E-state index is 3.82. The van der Waals surface area contributed by atoms with E-state index in [9.17, 15) is 0 Å². The molecule has 47 heavy (non-hydrogen) atoms. The molecule has 0 saturated carbocycles. The molecule has 10 rings (SSSR count). The third-order valence-electron chi connectivity index (χ3n) is 9.95. The first-order valence-electron chi connectivity index (χ1n) is 16.3. The van der Waals surface area contributed by atoms with Crippen molar-refractivity contribution in [2.24, 2.45) is 0 Å². The molecule has 1 aliphatic rings. The van der Waals surface area contributed by atoms with Gasteiger partial charge in [0.05, 0.1) is 5.52 Å². The summed E-state index contributed by atoms with van der Waals surface area (Å²) in [5, 5.41) is 5.14. The molecule has 1 heteroatoms. The fourth-order valence-corrected chi connectivity index (χ4v) is 7.75. The highest BCUT2D eigenvalue weighted by atomic mass is 14.7. The van der Waals surface area contributed by atoms with Crippen molar-refractivity contribution in [3.63, 3.8) is 0 Å². The van der Waals surface area contributed by atoms with Crippen LogP contribution in [0.2, 0.25) is 0 Å². The molecule has 8 aromatic carbocycles. The molecule has 0 radical (unpaired) electrons. The fraction of sp³-hybridized carbons (Fsp3) is 0. The second-order valence-electron chi connectivity index (χ2n) is 12.6. The number of nitrogens with one attached hydrogen (secondary N) is 1. The zero-order valence-electron chi connectivity index (χ0n) is 25.7. The molecule has 0 saturated heterocycles. The quantitative estimate of drug-likeness (QED) is 0.208. The first kappa shape index (κ1) is 26.1. The number of H-pyrrole nitrogens is 1. The van der Waals surface area contributed by atoms with E-state index in [1.807, 2.05) is 0 Å². The summed E-state index contributed by atoms with van der Waals surface area (Å²) < 4.78 is 0. The molecule has 9 aromatic rings. The molecular formula is C46H29N. The first-order chi connectivity index (χ1) is 23.3. The van der Waals surface area contributed by atoms with E-state index in [2.05, 4.69) is 175 Å². The molecule has 0 spiro atoms. The lowest BCUT2D eigenvalue weighted by Crippen LogP contribution is -1.87. The summed E-state index contributed by atoms with van der Waals surface area (Å²) in [5.74, 6) is 0. The van der Waals surface area contributed by atoms with Crippen LogP contribution in [0.25, 0.3) is 99.3 Å². The van der Waals surface area contributed by atoms with Crippen molar-refractivity contribution in [1.82, 2.24) is 4.98 Å². The van der Waals surface area contributed by atoms with Gasteiger partial charge < -0.3 is 4.98 Å². The predicted octanol–water partition coefficient (Wildman–Crippen LogP) is 12.8. The van der Waals surface area contributed by atoms with Crippen molar-refractivity contribution in [3.05, 3.63) is 170 Å². The summed E-state index contributed by atoms with van der Waals surface area (Å²) >= 11 is 0. The van der Waals surface area contributed by atoms with Crippen LogP contribution in [0.15, 0.2) is 170 Å². The van der Waals surface area contributed by atoms with Crippen LogP contribution in [0.3, 0.4) is 0 Å². The lowest BCUT2D eigenvalue weighted by molar-refractivity contribution is 1.53. The summed E-state index contributed by atoms with van der Waals surface area (Å²) in [6.07, 6.45) is 0. The Labute approximate surface area is 273 Å². The Morgan fingerprint density at radius 2 is 0.851 bits per heavy atom. The van der Waals surface area contributed by atoms with E-state index >= 15 is 0 Å². The smallest absolute Gasteiger partial charge is 0.0544 e. The van der Waals surface area contributed by atoms with Gasteiger partial charge in [0.15, 0.2) is 0 Å². The molecule has 218 valence electrons. The molecule has 1 heterocycles. The maximum Gasteiger partial charge on any atom is 0.0544 e. The average Bonchev–Trinajstić information content (AvgIpc) is 3.68. The number of rotatable bonds is 4. The van der Waals surface area contributed by atoms with E-state index in [0.717, 1.165) is 11.0 Å². The van der Waals surface area contributed by atoms with Gasteiger partial charge in [0.1, 0.15) is 0 Å². The van der Waals surface area contributed by atoms with E-state index in [-0.39, 0.29) is 0 Å². The summed E-state index contributed by atoms with van der Waals surface area (Å²) in [5.41, 5.74) is 17.4. The Balaban J connectivity index is 1.19. The second-order valence-corrected chi connectivity index (χ2v) is 12.6. The molecule has 0 fully saturated rings. The van der Waals surface area contributed by atoms with Crippen molar-refractivity contribution >= 4 is 32.6 Å². The summed E-state index contributed by atoms with van der Waals surface area (Å²) in [7, 11) is 0. The largest absolute Gasteiger partial charge is 0.354 e. The molecule has 1 nitrogen and oxygen atoms in total. The topological polar surface area (TPSA) is 15.8 Å². The van der Waals surface area contributed by atoms with Crippen LogP contribution in [0.1, 0.15) is 0 Å². The highest BCUT2D eigenvalue weighted by molar-refractivity contribution is 6.19. The van der Waals surface area contributed by atoms with Crippen molar-refractivity contribution < 1.29 is 0 Å².